The first-order chi connectivity index (χ1) is 28.6. The summed E-state index contributed by atoms with van der Waals surface area (Å²) in [6.07, 6.45) is 1.61. The minimum absolute atomic E-state index is 0.00178. The fourth-order valence-electron chi connectivity index (χ4n) is 9.06. The third kappa shape index (κ3) is 7.03. The van der Waals surface area contributed by atoms with Gasteiger partial charge >= 0.3 is 6.01 Å². The minimum atomic E-state index is -2.82. The van der Waals surface area contributed by atoms with Gasteiger partial charge in [0.05, 0.1) is 44.7 Å². The fraction of sp³-hybridized carbons (Fsp3) is 0.512. The standard InChI is InChI=1S/C43H52ClF3N6O2Si/c1-24(2)56(25(3)4,26(5)6)16-12-30-34(46)10-9-27-17-29(48)18-31(35(27)30)38-37(47)39-32(20-49-38)41(53-14-15-54-21-33-36(44)40(33)53)51-42(50-39)55-23-43(7)22-52(8)13-11-28(43)19-45/h9-10,17-20,24-26,33,36,40H,11,13-15,21-23,48H2,1-8H3/b28-19+/t33-,36-,40-,43-/m0/s1/i8D3,23D2. The van der Waals surface area contributed by atoms with Gasteiger partial charge < -0.3 is 25.0 Å². The highest BCUT2D eigenvalue weighted by Crippen LogP contribution is 2.47. The van der Waals surface area contributed by atoms with Gasteiger partial charge in [0.2, 0.25) is 0 Å². The average molecular weight is 810 g/mol. The topological polar surface area (TPSA) is 89.6 Å². The molecule has 1 saturated carbocycles. The van der Waals surface area contributed by atoms with Gasteiger partial charge in [-0.05, 0) is 59.2 Å². The van der Waals surface area contributed by atoms with Crippen LogP contribution in [0.3, 0.4) is 0 Å². The monoisotopic (exact) mass is 809 g/mol. The van der Waals surface area contributed by atoms with Crippen molar-refractivity contribution in [2.24, 2.45) is 11.3 Å². The number of hydrogen-bond donors (Lipinski definition) is 1. The molecule has 0 amide bonds. The van der Waals surface area contributed by atoms with Gasteiger partial charge in [0.1, 0.15) is 37.5 Å². The molecule has 8 nitrogen and oxygen atoms in total. The number of benzene rings is 2. The number of alkyl halides is 1. The Labute approximate surface area is 341 Å². The smallest absolute Gasteiger partial charge is 0.319 e. The molecule has 0 bridgehead atoms. The molecule has 298 valence electrons. The third-order valence-corrected chi connectivity index (χ3v) is 18.9. The van der Waals surface area contributed by atoms with Crippen LogP contribution in [0, 0.1) is 34.4 Å². The third-order valence-electron chi connectivity index (χ3n) is 12.1. The molecule has 0 spiro atoms. The van der Waals surface area contributed by atoms with Gasteiger partial charge in [-0.2, -0.15) is 9.97 Å². The van der Waals surface area contributed by atoms with Gasteiger partial charge in [-0.1, -0.05) is 60.5 Å². The predicted octanol–water partition coefficient (Wildman–Crippen LogP) is 9.29. The summed E-state index contributed by atoms with van der Waals surface area (Å²) in [4.78, 5) is 16.7. The zero-order valence-corrected chi connectivity index (χ0v) is 34.6. The Morgan fingerprint density at radius 2 is 1.91 bits per heavy atom. The maximum absolute atomic E-state index is 17.6. The van der Waals surface area contributed by atoms with Crippen molar-refractivity contribution in [2.75, 3.05) is 57.0 Å². The van der Waals surface area contributed by atoms with Crippen molar-refractivity contribution in [1.29, 1.82) is 0 Å². The number of ether oxygens (including phenoxy) is 2. The van der Waals surface area contributed by atoms with E-state index in [1.165, 1.54) is 25.3 Å². The summed E-state index contributed by atoms with van der Waals surface area (Å²) in [5.74, 6) is 1.81. The van der Waals surface area contributed by atoms with Crippen molar-refractivity contribution in [2.45, 2.75) is 82.9 Å². The first-order valence-electron chi connectivity index (χ1n) is 21.7. The van der Waals surface area contributed by atoms with E-state index in [4.69, 9.17) is 30.9 Å². The number of pyridine rings is 1. The zero-order chi connectivity index (χ0) is 44.6. The molecule has 0 unspecified atom stereocenters. The van der Waals surface area contributed by atoms with Crippen LogP contribution in [0.4, 0.5) is 24.7 Å². The van der Waals surface area contributed by atoms with Gasteiger partial charge in [-0.15, -0.1) is 17.1 Å². The van der Waals surface area contributed by atoms with E-state index in [2.05, 4.69) is 68.0 Å². The molecule has 3 aliphatic rings. The quantitative estimate of drug-likeness (QED) is 0.0816. The number of piperidine rings is 1. The maximum Gasteiger partial charge on any atom is 0.319 e. The Hall–Kier alpha value is -3.89. The number of likely N-dealkylation sites (tertiary alicyclic amines) is 1. The van der Waals surface area contributed by atoms with Gasteiger partial charge in [0.15, 0.2) is 5.82 Å². The number of anilines is 2. The van der Waals surface area contributed by atoms with E-state index in [0.29, 0.717) is 30.5 Å². The van der Waals surface area contributed by atoms with Crippen molar-refractivity contribution in [3.63, 3.8) is 0 Å². The highest BCUT2D eigenvalue weighted by molar-refractivity contribution is 6.90. The van der Waals surface area contributed by atoms with Crippen molar-refractivity contribution in [1.82, 2.24) is 19.9 Å². The minimum Gasteiger partial charge on any atom is -0.462 e. The van der Waals surface area contributed by atoms with E-state index >= 15 is 8.78 Å². The lowest BCUT2D eigenvalue weighted by Crippen LogP contribution is -2.44. The molecule has 2 aliphatic heterocycles. The van der Waals surface area contributed by atoms with Crippen LogP contribution in [0.15, 0.2) is 42.4 Å². The highest BCUT2D eigenvalue weighted by atomic mass is 35.5. The molecule has 4 aromatic rings. The lowest BCUT2D eigenvalue weighted by atomic mass is 9.78. The molecule has 13 heteroatoms. The number of hydrogen-bond acceptors (Lipinski definition) is 8. The second kappa shape index (κ2) is 15.5. The molecule has 0 radical (unpaired) electrons. The Balaban J connectivity index is 1.45. The fourth-order valence-corrected chi connectivity index (χ4v) is 14.7. The molecule has 4 heterocycles. The van der Waals surface area contributed by atoms with Crippen LogP contribution in [0.1, 0.15) is 67.3 Å². The molecule has 4 atom stereocenters. The largest absolute Gasteiger partial charge is 0.462 e. The van der Waals surface area contributed by atoms with Crippen molar-refractivity contribution >= 4 is 52.9 Å². The number of nitrogen functional groups attached to an aromatic ring is 1. The van der Waals surface area contributed by atoms with E-state index in [1.54, 1.807) is 12.1 Å². The van der Waals surface area contributed by atoms with Crippen LogP contribution in [-0.2, 0) is 4.74 Å². The lowest BCUT2D eigenvalue weighted by molar-refractivity contribution is 0.109. The summed E-state index contributed by atoms with van der Waals surface area (Å²) >= 11 is 6.73. The first-order valence-corrected chi connectivity index (χ1v) is 21.9. The second-order valence-corrected chi connectivity index (χ2v) is 22.5. The highest BCUT2D eigenvalue weighted by Gasteiger charge is 2.54. The molecule has 2 saturated heterocycles. The van der Waals surface area contributed by atoms with Crippen LogP contribution in [0.25, 0.3) is 32.9 Å². The molecule has 2 N–H and O–H groups in total. The summed E-state index contributed by atoms with van der Waals surface area (Å²) in [5.41, 5.74) is 9.00. The summed E-state index contributed by atoms with van der Waals surface area (Å²) in [6.45, 7) is 9.47. The Morgan fingerprint density at radius 3 is 2.61 bits per heavy atom. The van der Waals surface area contributed by atoms with E-state index in [0.717, 1.165) is 4.90 Å². The SMILES string of the molecule is [2H]C([2H])([2H])N1CC/C(=C\F)[C@](C)(C([2H])([2H])Oc2nc(N3CCOC[C@H]4[C@H](Cl)[C@H]43)c3cnc(-c4cc(N)cc5ccc(F)c(C#C[Si](C(C)C)(C(C)C)C(C)C)c45)c(F)c3n2)C1. The van der Waals surface area contributed by atoms with Gasteiger partial charge in [0, 0.05) is 57.9 Å². The van der Waals surface area contributed by atoms with E-state index in [9.17, 15) is 7.13 Å². The van der Waals surface area contributed by atoms with Crippen molar-refractivity contribution < 1.29 is 29.5 Å². The number of nitrogens with two attached hydrogens (primary N) is 1. The Morgan fingerprint density at radius 1 is 1.16 bits per heavy atom. The molecule has 7 rings (SSSR count). The summed E-state index contributed by atoms with van der Waals surface area (Å²) < 4.78 is 102. The Bertz CT molecular complexity index is 2440. The summed E-state index contributed by atoms with van der Waals surface area (Å²) in [6, 6.07) is 5.23. The van der Waals surface area contributed by atoms with Crippen LogP contribution < -0.4 is 15.4 Å². The number of aromatic nitrogens is 3. The number of rotatable bonds is 8. The zero-order valence-electron chi connectivity index (χ0n) is 37.8. The predicted molar refractivity (Wildman–Crippen MR) is 223 cm³/mol. The average Bonchev–Trinajstić information content (AvgIpc) is 3.87. The molecule has 2 aromatic heterocycles. The van der Waals surface area contributed by atoms with E-state index < -0.39 is 51.2 Å². The maximum atomic E-state index is 17.6. The van der Waals surface area contributed by atoms with Crippen LogP contribution in [0.5, 0.6) is 6.01 Å². The molecule has 3 fully saturated rings. The van der Waals surface area contributed by atoms with E-state index in [-0.39, 0.29) is 98.1 Å². The molecule has 56 heavy (non-hydrogen) atoms. The molecule has 2 aromatic carbocycles. The lowest BCUT2D eigenvalue weighted by Gasteiger charge is -2.40. The normalized spacial score (nSPS) is 25.7. The van der Waals surface area contributed by atoms with Crippen molar-refractivity contribution in [3.05, 3.63) is 59.6 Å². The van der Waals surface area contributed by atoms with Gasteiger partial charge in [0.25, 0.3) is 0 Å². The van der Waals surface area contributed by atoms with Gasteiger partial charge in [-0.3, -0.25) is 4.98 Å². The number of halogens is 4. The van der Waals surface area contributed by atoms with Crippen LogP contribution >= 0.6 is 11.6 Å². The van der Waals surface area contributed by atoms with Crippen LogP contribution in [-0.4, -0.2) is 85.7 Å². The van der Waals surface area contributed by atoms with Gasteiger partial charge in [-0.25, -0.2) is 13.2 Å². The second-order valence-electron chi connectivity index (χ2n) is 16.5. The molecular weight excluding hydrogens is 753 g/mol. The number of fused-ring (bicyclic) bond motifs is 3. The number of nitrogens with zero attached hydrogens (tertiary/aromatic N) is 5. The summed E-state index contributed by atoms with van der Waals surface area (Å²) in [7, 11) is -2.35. The van der Waals surface area contributed by atoms with Crippen LogP contribution in [0.2, 0.25) is 16.6 Å². The Kier molecular flexibility index (Phi) is 9.43. The van der Waals surface area contributed by atoms with E-state index in [1.807, 2.05) is 4.90 Å². The van der Waals surface area contributed by atoms with Crippen molar-refractivity contribution in [3.8, 4) is 28.7 Å². The molecule has 1 aliphatic carbocycles. The first kappa shape index (κ1) is 34.2. The molecular formula is C43H52ClF3N6O2Si. The summed E-state index contributed by atoms with van der Waals surface area (Å²) in [5, 5.41) is 0.682.